The highest BCUT2D eigenvalue weighted by atomic mass is 16.7. The number of phenolic OH excluding ortho intramolecular Hbond substituents is 13. The Morgan fingerprint density at radius 2 is 0.785 bits per heavy atom. The molecule has 1 heterocycles. The molecule has 0 bridgehead atoms. The minimum atomic E-state index is -2.25. The van der Waals surface area contributed by atoms with E-state index in [1.54, 1.807) is 0 Å². The van der Waals surface area contributed by atoms with Gasteiger partial charge in [0.1, 0.15) is 18.5 Å². The highest BCUT2D eigenvalue weighted by Crippen LogP contribution is 2.40. The average molecular weight is 909 g/mol. The van der Waals surface area contributed by atoms with Crippen molar-refractivity contribution in [2.75, 3.05) is 13.2 Å². The predicted molar refractivity (Wildman–Crippen MR) is 210 cm³/mol. The van der Waals surface area contributed by atoms with Crippen LogP contribution in [0.2, 0.25) is 0 Å². The van der Waals surface area contributed by atoms with Gasteiger partial charge in [-0.15, -0.1) is 0 Å². The molecule has 23 nitrogen and oxygen atoms in total. The lowest BCUT2D eigenvalue weighted by Crippen LogP contribution is -2.63. The number of carbonyl (C=O) groups is 4. The van der Waals surface area contributed by atoms with Crippen LogP contribution in [-0.2, 0) is 34.8 Å². The van der Waals surface area contributed by atoms with Crippen molar-refractivity contribution in [1.29, 1.82) is 0 Å². The first-order chi connectivity index (χ1) is 30.7. The lowest BCUT2D eigenvalue weighted by atomic mass is 9.97. The molecule has 0 aliphatic carbocycles. The minimum absolute atomic E-state index is 0.0385. The van der Waals surface area contributed by atoms with Crippen molar-refractivity contribution in [2.24, 2.45) is 0 Å². The van der Waals surface area contributed by atoms with Gasteiger partial charge in [0.2, 0.25) is 0 Å². The van der Waals surface area contributed by atoms with Gasteiger partial charge in [-0.1, -0.05) is 12.1 Å². The molecule has 0 amide bonds. The third-order valence-electron chi connectivity index (χ3n) is 9.53. The monoisotopic (exact) mass is 908 g/mol. The Bertz CT molecular complexity index is 2550. The summed E-state index contributed by atoms with van der Waals surface area (Å²) in [4.78, 5) is 54.8. The van der Waals surface area contributed by atoms with E-state index in [2.05, 4.69) is 0 Å². The number of aromatic hydroxyl groups is 13. The molecule has 65 heavy (non-hydrogen) atoms. The van der Waals surface area contributed by atoms with E-state index in [0.717, 1.165) is 0 Å². The van der Waals surface area contributed by atoms with Crippen molar-refractivity contribution < 1.29 is 114 Å². The van der Waals surface area contributed by atoms with Crippen molar-refractivity contribution in [3.63, 3.8) is 0 Å². The first kappa shape index (κ1) is 45.8. The summed E-state index contributed by atoms with van der Waals surface area (Å²) in [6.45, 7) is -1.39. The Labute approximate surface area is 363 Å². The van der Waals surface area contributed by atoms with E-state index in [9.17, 15) is 85.6 Å². The molecule has 5 aromatic rings. The highest BCUT2D eigenvalue weighted by molar-refractivity contribution is 5.93. The average Bonchev–Trinajstić information content (AvgIpc) is 3.26. The number of phenols is 13. The maximum Gasteiger partial charge on any atom is 0.339 e. The van der Waals surface area contributed by atoms with Gasteiger partial charge in [-0.3, -0.25) is 0 Å². The Morgan fingerprint density at radius 3 is 1.17 bits per heavy atom. The topological polar surface area (TPSA) is 387 Å². The molecular formula is C42H36O23. The third-order valence-corrected chi connectivity index (χ3v) is 9.53. The Balaban J connectivity index is 1.47. The van der Waals surface area contributed by atoms with Gasteiger partial charge in [-0.2, -0.15) is 0 Å². The molecule has 1 fully saturated rings. The van der Waals surface area contributed by atoms with Crippen molar-refractivity contribution in [3.8, 4) is 74.7 Å². The molecule has 1 aliphatic rings. The number of rotatable bonds is 13. The van der Waals surface area contributed by atoms with Crippen LogP contribution in [0.3, 0.4) is 0 Å². The highest BCUT2D eigenvalue weighted by Gasteiger charge is 2.54. The van der Waals surface area contributed by atoms with Crippen LogP contribution in [0.15, 0.2) is 72.8 Å². The van der Waals surface area contributed by atoms with E-state index in [0.29, 0.717) is 54.1 Å². The van der Waals surface area contributed by atoms with Crippen LogP contribution in [-0.4, -0.2) is 134 Å². The molecule has 5 atom stereocenters. The summed E-state index contributed by atoms with van der Waals surface area (Å²) >= 11 is 0. The second-order valence-corrected chi connectivity index (χ2v) is 14.0. The summed E-state index contributed by atoms with van der Waals surface area (Å²) < 4.78 is 34.5. The molecule has 0 spiro atoms. The first-order valence-electron chi connectivity index (χ1n) is 18.6. The van der Waals surface area contributed by atoms with E-state index in [4.69, 9.17) is 28.4 Å². The standard InChI is InChI=1S/C42H36O23/c43-21-3-1-16(2-4-21)5-6-60-42-37(65-41(59)20-13-28(50)34(55)29(51)14-20)36(64-40(58)19-11-26(48)33(54)27(49)12-19)35(63-39(57)18-9-24(46)32(53)25(47)10-18)30(62-42)15-61-38(56)17-7-22(44)31(52)23(45)8-17/h1-4,7-14,30,35-37,42-55H,5-6,15H2. The Morgan fingerprint density at radius 1 is 0.446 bits per heavy atom. The van der Waals surface area contributed by atoms with Gasteiger partial charge in [0.15, 0.2) is 93.6 Å². The molecule has 0 aromatic heterocycles. The predicted octanol–water partition coefficient (Wildman–Crippen LogP) is 2.68. The zero-order valence-corrected chi connectivity index (χ0v) is 32.8. The molecule has 1 saturated heterocycles. The van der Waals surface area contributed by atoms with Crippen molar-refractivity contribution in [3.05, 3.63) is 101 Å². The van der Waals surface area contributed by atoms with Crippen LogP contribution in [0.4, 0.5) is 0 Å². The van der Waals surface area contributed by atoms with Gasteiger partial charge in [-0.25, -0.2) is 19.2 Å². The van der Waals surface area contributed by atoms with E-state index in [1.165, 1.54) is 24.3 Å². The lowest BCUT2D eigenvalue weighted by Gasteiger charge is -2.44. The number of carbonyl (C=O) groups excluding carboxylic acids is 4. The fourth-order valence-electron chi connectivity index (χ4n) is 6.21. The summed E-state index contributed by atoms with van der Waals surface area (Å²) in [7, 11) is 0. The molecule has 23 heteroatoms. The van der Waals surface area contributed by atoms with Crippen LogP contribution in [0.25, 0.3) is 0 Å². The Kier molecular flexibility index (Phi) is 13.2. The largest absolute Gasteiger partial charge is 0.508 e. The van der Waals surface area contributed by atoms with Gasteiger partial charge in [0, 0.05) is 0 Å². The number of hydrogen-bond donors (Lipinski definition) is 13. The van der Waals surface area contributed by atoms with Crippen molar-refractivity contribution in [1.82, 2.24) is 0 Å². The van der Waals surface area contributed by atoms with E-state index in [-0.39, 0.29) is 18.8 Å². The molecule has 6 rings (SSSR count). The molecule has 13 N–H and O–H groups in total. The van der Waals surface area contributed by atoms with Crippen LogP contribution in [0, 0.1) is 0 Å². The maximum atomic E-state index is 13.9. The van der Waals surface area contributed by atoms with Crippen LogP contribution < -0.4 is 0 Å². The lowest BCUT2D eigenvalue weighted by molar-refractivity contribution is -0.298. The van der Waals surface area contributed by atoms with Gasteiger partial charge in [0.05, 0.1) is 28.9 Å². The minimum Gasteiger partial charge on any atom is -0.508 e. The summed E-state index contributed by atoms with van der Waals surface area (Å²) in [5.41, 5.74) is -2.02. The van der Waals surface area contributed by atoms with Crippen LogP contribution in [0.1, 0.15) is 47.0 Å². The second kappa shape index (κ2) is 18.7. The van der Waals surface area contributed by atoms with Crippen molar-refractivity contribution in [2.45, 2.75) is 37.1 Å². The molecule has 342 valence electrons. The summed E-state index contributed by atoms with van der Waals surface area (Å²) in [5.74, 6) is -18.0. The van der Waals surface area contributed by atoms with Crippen LogP contribution in [0.5, 0.6) is 74.7 Å². The molecule has 1 aliphatic heterocycles. The fourth-order valence-corrected chi connectivity index (χ4v) is 6.21. The smallest absolute Gasteiger partial charge is 0.339 e. The molecular weight excluding hydrogens is 872 g/mol. The van der Waals surface area contributed by atoms with Gasteiger partial charge in [-0.05, 0) is 72.6 Å². The van der Waals surface area contributed by atoms with E-state index >= 15 is 0 Å². The van der Waals surface area contributed by atoms with Crippen LogP contribution >= 0.6 is 0 Å². The van der Waals surface area contributed by atoms with Gasteiger partial charge >= 0.3 is 23.9 Å². The normalized spacial score (nSPS) is 18.0. The van der Waals surface area contributed by atoms with Crippen molar-refractivity contribution >= 4 is 23.9 Å². The van der Waals surface area contributed by atoms with E-state index < -0.39 is 152 Å². The Hall–Kier alpha value is -8.70. The summed E-state index contributed by atoms with van der Waals surface area (Å²) in [6, 6.07) is 11.0. The van der Waals surface area contributed by atoms with Gasteiger partial charge in [0.25, 0.3) is 0 Å². The SMILES string of the molecule is O=C(OCC1OC(OCCc2ccc(O)cc2)C(OC(=O)c2cc(O)c(O)c(O)c2)C(OC(=O)c2cc(O)c(O)c(O)c2)C1OC(=O)c1cc(O)c(O)c(O)c1)c1cc(O)c(O)c(O)c1. The number of hydrogen-bond acceptors (Lipinski definition) is 23. The molecule has 5 unspecified atom stereocenters. The molecule has 0 saturated carbocycles. The number of esters is 4. The summed E-state index contributed by atoms with van der Waals surface area (Å²) in [6.07, 6.45) is -10.4. The van der Waals surface area contributed by atoms with Gasteiger partial charge < -0.3 is 94.8 Å². The fraction of sp³-hybridized carbons (Fsp3) is 0.190. The number of ether oxygens (including phenoxy) is 6. The first-order valence-corrected chi connectivity index (χ1v) is 18.6. The third kappa shape index (κ3) is 10.2. The quantitative estimate of drug-likeness (QED) is 0.0459. The zero-order valence-electron chi connectivity index (χ0n) is 32.8. The second-order valence-electron chi connectivity index (χ2n) is 14.0. The number of benzene rings is 5. The zero-order chi connectivity index (χ0) is 47.4. The molecule has 5 aromatic carbocycles. The maximum absolute atomic E-state index is 13.9. The summed E-state index contributed by atoms with van der Waals surface area (Å²) in [5, 5.41) is 130. The molecule has 0 radical (unpaired) electrons. The van der Waals surface area contributed by atoms with E-state index in [1.807, 2.05) is 0 Å².